The van der Waals surface area contributed by atoms with Gasteiger partial charge in [0, 0.05) is 5.69 Å². The van der Waals surface area contributed by atoms with Crippen molar-refractivity contribution in [3.63, 3.8) is 0 Å². The number of rotatable bonds is 3. The largest absolute Gasteiger partial charge is 0.267 e. The van der Waals surface area contributed by atoms with Crippen LogP contribution < -0.4 is 4.72 Å². The monoisotopic (exact) mass is 351 g/mol. The number of benzene rings is 1. The predicted octanol–water partition coefficient (Wildman–Crippen LogP) is 3.55. The van der Waals surface area contributed by atoms with E-state index in [0.29, 0.717) is 5.69 Å². The van der Waals surface area contributed by atoms with Crippen LogP contribution in [0.4, 0.5) is 5.95 Å². The molecule has 9 heteroatoms. The Bertz CT molecular complexity index is 725. The van der Waals surface area contributed by atoms with Crippen LogP contribution >= 0.6 is 34.8 Å². The minimum absolute atomic E-state index is 0.00347. The van der Waals surface area contributed by atoms with Crippen molar-refractivity contribution in [1.29, 1.82) is 0 Å². The molecule has 0 aliphatic heterocycles. The Kier molecular flexibility index (Phi) is 4.39. The lowest BCUT2D eigenvalue weighted by Crippen LogP contribution is -2.16. The molecule has 2 aromatic rings. The van der Waals surface area contributed by atoms with Crippen LogP contribution in [0, 0.1) is 6.92 Å². The number of nitrogens with one attached hydrogen (secondary N) is 1. The zero-order valence-electron chi connectivity index (χ0n) is 10.1. The first-order chi connectivity index (χ1) is 9.29. The minimum atomic E-state index is -4.01. The summed E-state index contributed by atoms with van der Waals surface area (Å²) in [7, 11) is -4.01. The van der Waals surface area contributed by atoms with Crippen molar-refractivity contribution < 1.29 is 8.42 Å². The fourth-order valence-corrected chi connectivity index (χ4v) is 3.81. The molecule has 1 aromatic carbocycles. The SMILES string of the molecule is Cc1cc(Cl)nc(NS(=O)(=O)c2c(Cl)cccc2Cl)n1. The van der Waals surface area contributed by atoms with E-state index in [-0.39, 0.29) is 26.0 Å². The van der Waals surface area contributed by atoms with E-state index in [1.54, 1.807) is 13.0 Å². The smallest absolute Gasteiger partial charge is 0.247 e. The van der Waals surface area contributed by atoms with Crippen molar-refractivity contribution in [2.75, 3.05) is 4.72 Å². The van der Waals surface area contributed by atoms with E-state index in [2.05, 4.69) is 14.7 Å². The van der Waals surface area contributed by atoms with Crippen molar-refractivity contribution in [3.05, 3.63) is 45.2 Å². The van der Waals surface area contributed by atoms with Crippen molar-refractivity contribution in [2.45, 2.75) is 11.8 Å². The number of anilines is 1. The van der Waals surface area contributed by atoms with E-state index >= 15 is 0 Å². The third-order valence-corrected chi connectivity index (χ3v) is 4.71. The molecule has 0 spiro atoms. The molecule has 5 nitrogen and oxygen atoms in total. The van der Waals surface area contributed by atoms with E-state index in [9.17, 15) is 8.42 Å². The van der Waals surface area contributed by atoms with Gasteiger partial charge >= 0.3 is 0 Å². The van der Waals surface area contributed by atoms with Crippen molar-refractivity contribution >= 4 is 50.8 Å². The Hall–Kier alpha value is -1.08. The van der Waals surface area contributed by atoms with E-state index < -0.39 is 10.0 Å². The van der Waals surface area contributed by atoms with Crippen LogP contribution in [0.1, 0.15) is 5.69 Å². The molecular weight excluding hydrogens is 345 g/mol. The molecule has 0 aliphatic rings. The zero-order valence-corrected chi connectivity index (χ0v) is 13.1. The summed E-state index contributed by atoms with van der Waals surface area (Å²) in [6, 6.07) is 5.89. The first-order valence-electron chi connectivity index (χ1n) is 5.27. The molecule has 0 saturated carbocycles. The van der Waals surface area contributed by atoms with E-state index in [0.717, 1.165) is 0 Å². The second-order valence-corrected chi connectivity index (χ2v) is 6.63. The molecule has 106 valence electrons. The first kappa shape index (κ1) is 15.3. The summed E-state index contributed by atoms with van der Waals surface area (Å²) >= 11 is 17.5. The summed E-state index contributed by atoms with van der Waals surface area (Å²) in [6.45, 7) is 1.66. The van der Waals surface area contributed by atoms with Gasteiger partial charge < -0.3 is 0 Å². The predicted molar refractivity (Wildman–Crippen MR) is 79.0 cm³/mol. The molecule has 2 rings (SSSR count). The Morgan fingerprint density at radius 3 is 2.25 bits per heavy atom. The lowest BCUT2D eigenvalue weighted by Gasteiger charge is -2.10. The Balaban J connectivity index is 2.46. The van der Waals surface area contributed by atoms with Crippen molar-refractivity contribution in [3.8, 4) is 0 Å². The van der Waals surface area contributed by atoms with Crippen LogP contribution in [0.25, 0.3) is 0 Å². The van der Waals surface area contributed by atoms with Gasteiger partial charge in [-0.1, -0.05) is 40.9 Å². The van der Waals surface area contributed by atoms with Gasteiger partial charge in [0.1, 0.15) is 10.0 Å². The van der Waals surface area contributed by atoms with E-state index in [1.807, 2.05) is 0 Å². The van der Waals surface area contributed by atoms with Gasteiger partial charge in [0.2, 0.25) is 5.95 Å². The van der Waals surface area contributed by atoms with Gasteiger partial charge in [0.25, 0.3) is 10.0 Å². The maximum Gasteiger partial charge on any atom is 0.267 e. The second-order valence-electron chi connectivity index (χ2n) is 3.81. The minimum Gasteiger partial charge on any atom is -0.247 e. The highest BCUT2D eigenvalue weighted by Gasteiger charge is 2.22. The number of nitrogens with zero attached hydrogens (tertiary/aromatic N) is 2. The molecule has 0 unspecified atom stereocenters. The molecule has 20 heavy (non-hydrogen) atoms. The summed E-state index contributed by atoms with van der Waals surface area (Å²) in [5.41, 5.74) is 0.521. The van der Waals surface area contributed by atoms with Crippen LogP contribution in [0.5, 0.6) is 0 Å². The van der Waals surface area contributed by atoms with E-state index in [1.165, 1.54) is 18.2 Å². The average molecular weight is 353 g/mol. The molecule has 0 amide bonds. The van der Waals surface area contributed by atoms with E-state index in [4.69, 9.17) is 34.8 Å². The van der Waals surface area contributed by atoms with Gasteiger partial charge in [-0.25, -0.2) is 23.1 Å². The van der Waals surface area contributed by atoms with Gasteiger partial charge in [0.05, 0.1) is 10.0 Å². The highest BCUT2D eigenvalue weighted by molar-refractivity contribution is 7.93. The number of halogens is 3. The fourth-order valence-electron chi connectivity index (χ4n) is 1.49. The number of hydrogen-bond donors (Lipinski definition) is 1. The second kappa shape index (κ2) is 5.73. The molecular formula is C11H8Cl3N3O2S. The lowest BCUT2D eigenvalue weighted by molar-refractivity contribution is 0.601. The Morgan fingerprint density at radius 1 is 1.10 bits per heavy atom. The van der Waals surface area contributed by atoms with Gasteiger partial charge in [-0.05, 0) is 25.1 Å². The summed E-state index contributed by atoms with van der Waals surface area (Å²) in [5, 5.41) is 0.132. The highest BCUT2D eigenvalue weighted by Crippen LogP contribution is 2.30. The molecule has 0 fully saturated rings. The van der Waals surface area contributed by atoms with Gasteiger partial charge in [-0.2, -0.15) is 0 Å². The van der Waals surface area contributed by atoms with Gasteiger partial charge in [-0.15, -0.1) is 0 Å². The van der Waals surface area contributed by atoms with Crippen LogP contribution in [0.2, 0.25) is 15.2 Å². The third-order valence-electron chi connectivity index (χ3n) is 2.24. The average Bonchev–Trinajstić information content (AvgIpc) is 2.25. The topological polar surface area (TPSA) is 72.0 Å². The number of aromatic nitrogens is 2. The Morgan fingerprint density at radius 2 is 1.70 bits per heavy atom. The fraction of sp³-hybridized carbons (Fsp3) is 0.0909. The normalized spacial score (nSPS) is 11.4. The zero-order chi connectivity index (χ0) is 14.9. The number of aryl methyl sites for hydroxylation is 1. The molecule has 0 atom stereocenters. The summed E-state index contributed by atoms with van der Waals surface area (Å²) in [4.78, 5) is 7.48. The number of hydrogen-bond acceptors (Lipinski definition) is 4. The first-order valence-corrected chi connectivity index (χ1v) is 7.89. The summed E-state index contributed by atoms with van der Waals surface area (Å²) in [6.07, 6.45) is 0. The van der Waals surface area contributed by atoms with Crippen LogP contribution in [-0.2, 0) is 10.0 Å². The lowest BCUT2D eigenvalue weighted by atomic mass is 10.4. The van der Waals surface area contributed by atoms with Crippen LogP contribution in [-0.4, -0.2) is 18.4 Å². The Labute approximate surface area is 131 Å². The van der Waals surface area contributed by atoms with Crippen LogP contribution in [0.15, 0.2) is 29.2 Å². The summed E-state index contributed by atoms with van der Waals surface area (Å²) in [5.74, 6) is -0.147. The molecule has 0 saturated heterocycles. The number of sulfonamides is 1. The maximum absolute atomic E-state index is 12.3. The molecule has 0 aliphatic carbocycles. The van der Waals surface area contributed by atoms with Gasteiger partial charge in [0.15, 0.2) is 0 Å². The highest BCUT2D eigenvalue weighted by atomic mass is 35.5. The quantitative estimate of drug-likeness (QED) is 0.858. The van der Waals surface area contributed by atoms with Gasteiger partial charge in [-0.3, -0.25) is 0 Å². The molecule has 1 aromatic heterocycles. The molecule has 0 radical (unpaired) electrons. The molecule has 0 bridgehead atoms. The molecule has 1 N–H and O–H groups in total. The molecule has 1 heterocycles. The summed E-state index contributed by atoms with van der Waals surface area (Å²) < 4.78 is 26.7. The van der Waals surface area contributed by atoms with Crippen molar-refractivity contribution in [2.24, 2.45) is 0 Å². The maximum atomic E-state index is 12.3. The standard InChI is InChI=1S/C11H8Cl3N3O2S/c1-6-5-9(14)16-11(15-6)17-20(18,19)10-7(12)3-2-4-8(10)13/h2-5H,1H3,(H,15,16,17). The van der Waals surface area contributed by atoms with Crippen molar-refractivity contribution in [1.82, 2.24) is 9.97 Å². The third kappa shape index (κ3) is 3.32. The van der Waals surface area contributed by atoms with Crippen LogP contribution in [0.3, 0.4) is 0 Å².